The molecule has 10 heteroatoms. The molecule has 2 heterocycles. The molecule has 1 aromatic carbocycles. The Balaban J connectivity index is 1.91. The summed E-state index contributed by atoms with van der Waals surface area (Å²) in [6.07, 6.45) is 0.459. The summed E-state index contributed by atoms with van der Waals surface area (Å²) in [6, 6.07) is 2.66. The summed E-state index contributed by atoms with van der Waals surface area (Å²) < 4.78 is 24.7. The van der Waals surface area contributed by atoms with Crippen molar-refractivity contribution in [1.29, 1.82) is 5.26 Å². The molecule has 2 aliphatic rings. The van der Waals surface area contributed by atoms with Gasteiger partial charge in [0.25, 0.3) is 5.91 Å². The largest absolute Gasteiger partial charge is 0.473 e. The number of carbonyl (C=O) groups excluding carboxylic acids is 3. The zero-order valence-corrected chi connectivity index (χ0v) is 15.2. The predicted molar refractivity (Wildman–Crippen MR) is 93.7 cm³/mol. The third-order valence-corrected chi connectivity index (χ3v) is 4.76. The first-order chi connectivity index (χ1) is 13.3. The van der Waals surface area contributed by atoms with Crippen LogP contribution < -0.4 is 15.8 Å². The molecular weight excluding hydrogens is 371 g/mol. The lowest BCUT2D eigenvalue weighted by Gasteiger charge is -2.34. The van der Waals surface area contributed by atoms with Crippen LogP contribution in [-0.4, -0.2) is 47.6 Å². The first-order valence-corrected chi connectivity index (χ1v) is 8.78. The summed E-state index contributed by atoms with van der Waals surface area (Å²) >= 11 is 0. The number of rotatable bonds is 4. The molecule has 2 aliphatic heterocycles. The van der Waals surface area contributed by atoms with Crippen molar-refractivity contribution in [2.75, 3.05) is 18.5 Å². The van der Waals surface area contributed by atoms with Gasteiger partial charge in [-0.1, -0.05) is 13.3 Å². The average molecular weight is 390 g/mol. The van der Waals surface area contributed by atoms with Gasteiger partial charge in [0.1, 0.15) is 29.4 Å². The van der Waals surface area contributed by atoms with Gasteiger partial charge < -0.3 is 20.5 Å². The van der Waals surface area contributed by atoms with Crippen LogP contribution >= 0.6 is 0 Å². The maximum Gasteiger partial charge on any atom is 0.410 e. The molecule has 0 unspecified atom stereocenters. The van der Waals surface area contributed by atoms with Crippen LogP contribution in [0.4, 0.5) is 14.9 Å². The Hall–Kier alpha value is -3.35. The van der Waals surface area contributed by atoms with E-state index in [1.165, 1.54) is 0 Å². The van der Waals surface area contributed by atoms with Crippen LogP contribution in [0.5, 0.6) is 5.75 Å². The Bertz CT molecular complexity index is 883. The van der Waals surface area contributed by atoms with Gasteiger partial charge in [-0.05, 0) is 12.5 Å². The average Bonchev–Trinajstić information content (AvgIpc) is 3.03. The van der Waals surface area contributed by atoms with E-state index < -0.39 is 35.4 Å². The van der Waals surface area contributed by atoms with Gasteiger partial charge in [0.2, 0.25) is 11.5 Å². The lowest BCUT2D eigenvalue weighted by Crippen LogP contribution is -2.53. The summed E-state index contributed by atoms with van der Waals surface area (Å²) in [4.78, 5) is 38.0. The second-order valence-corrected chi connectivity index (χ2v) is 6.71. The fourth-order valence-electron chi connectivity index (χ4n) is 3.31. The molecule has 3 amide bonds. The lowest BCUT2D eigenvalue weighted by atomic mass is 9.95. The topological polar surface area (TPSA) is 135 Å². The quantitative estimate of drug-likeness (QED) is 0.743. The van der Waals surface area contributed by atoms with Crippen LogP contribution in [-0.2, 0) is 14.3 Å². The number of nitrogens with one attached hydrogen (secondary N) is 1. The van der Waals surface area contributed by atoms with Crippen LogP contribution in [0.1, 0.15) is 31.7 Å². The van der Waals surface area contributed by atoms with Crippen LogP contribution in [0, 0.1) is 17.1 Å². The number of likely N-dealkylation sites (tertiary alicyclic amines) is 1. The number of anilines is 1. The molecule has 0 aliphatic carbocycles. The number of benzene rings is 1. The molecule has 2 atom stereocenters. The number of fused-ring (bicyclic) bond motifs is 1. The van der Waals surface area contributed by atoms with Crippen molar-refractivity contribution in [2.45, 2.75) is 37.8 Å². The number of carbonyl (C=O) groups is 3. The van der Waals surface area contributed by atoms with E-state index in [1.807, 2.05) is 6.92 Å². The Morgan fingerprint density at radius 3 is 2.93 bits per heavy atom. The van der Waals surface area contributed by atoms with Gasteiger partial charge in [-0.25, -0.2) is 9.18 Å². The molecule has 0 bridgehead atoms. The van der Waals surface area contributed by atoms with Crippen molar-refractivity contribution < 1.29 is 28.2 Å². The minimum atomic E-state index is -1.64. The lowest BCUT2D eigenvalue weighted by molar-refractivity contribution is -0.131. The SMILES string of the molecule is CCCCOC(=O)N1C[C@@]2(C[C@H]1C(N)=O)Oc1cc(F)cc(C#N)c1NC2=O. The maximum atomic E-state index is 13.8. The van der Waals surface area contributed by atoms with E-state index in [0.29, 0.717) is 6.42 Å². The first-order valence-electron chi connectivity index (χ1n) is 8.78. The first kappa shape index (κ1) is 19.4. The van der Waals surface area contributed by atoms with Gasteiger partial charge in [0, 0.05) is 12.5 Å². The van der Waals surface area contributed by atoms with E-state index in [1.54, 1.807) is 6.07 Å². The molecule has 0 aromatic heterocycles. The number of halogens is 1. The number of primary amides is 1. The van der Waals surface area contributed by atoms with E-state index in [0.717, 1.165) is 23.5 Å². The molecule has 3 N–H and O–H groups in total. The number of ether oxygens (including phenoxy) is 2. The predicted octanol–water partition coefficient (Wildman–Crippen LogP) is 1.26. The minimum absolute atomic E-state index is 0.0409. The van der Waals surface area contributed by atoms with Crippen molar-refractivity contribution in [2.24, 2.45) is 5.73 Å². The molecule has 9 nitrogen and oxygen atoms in total. The fraction of sp³-hybridized carbons (Fsp3) is 0.444. The third-order valence-electron chi connectivity index (χ3n) is 4.76. The van der Waals surface area contributed by atoms with Crippen molar-refractivity contribution in [1.82, 2.24) is 4.90 Å². The Labute approximate surface area is 160 Å². The van der Waals surface area contributed by atoms with Crippen LogP contribution in [0.2, 0.25) is 0 Å². The van der Waals surface area contributed by atoms with Gasteiger partial charge in [0.15, 0.2) is 0 Å². The zero-order chi connectivity index (χ0) is 20.5. The highest BCUT2D eigenvalue weighted by molar-refractivity contribution is 6.03. The number of amides is 3. The Kier molecular flexibility index (Phi) is 5.09. The molecule has 3 rings (SSSR count). The zero-order valence-electron chi connectivity index (χ0n) is 15.2. The highest BCUT2D eigenvalue weighted by atomic mass is 19.1. The van der Waals surface area contributed by atoms with Crippen molar-refractivity contribution >= 4 is 23.6 Å². The molecular formula is C18H19FN4O5. The standard InChI is InChI=1S/C18H19FN4O5/c1-2-3-4-27-17(26)23-9-18(7-12(23)15(21)24)16(25)22-14-10(8-20)5-11(19)6-13(14)28-18/h5-6,12H,2-4,7,9H2,1H3,(H2,21,24)(H,22,25)/t12-,18+/m0/s1. The third kappa shape index (κ3) is 3.31. The summed E-state index contributed by atoms with van der Waals surface area (Å²) in [5.74, 6) is -2.25. The molecule has 0 radical (unpaired) electrons. The van der Waals surface area contributed by atoms with Crippen molar-refractivity contribution in [3.8, 4) is 11.8 Å². The minimum Gasteiger partial charge on any atom is -0.473 e. The number of nitriles is 1. The van der Waals surface area contributed by atoms with Crippen LogP contribution in [0.3, 0.4) is 0 Å². The van der Waals surface area contributed by atoms with Gasteiger partial charge in [-0.3, -0.25) is 14.5 Å². The van der Waals surface area contributed by atoms with E-state index in [4.69, 9.17) is 20.5 Å². The maximum absolute atomic E-state index is 13.8. The number of hydrogen-bond donors (Lipinski definition) is 2. The molecule has 1 fully saturated rings. The molecule has 1 saturated heterocycles. The second-order valence-electron chi connectivity index (χ2n) is 6.71. The van der Waals surface area contributed by atoms with Crippen LogP contribution in [0.25, 0.3) is 0 Å². The number of nitrogens with zero attached hydrogens (tertiary/aromatic N) is 2. The normalized spacial score (nSPS) is 22.8. The molecule has 1 spiro atoms. The van der Waals surface area contributed by atoms with Crippen molar-refractivity contribution in [3.63, 3.8) is 0 Å². The molecule has 148 valence electrons. The summed E-state index contributed by atoms with van der Waals surface area (Å²) in [7, 11) is 0. The monoisotopic (exact) mass is 390 g/mol. The van der Waals surface area contributed by atoms with Crippen molar-refractivity contribution in [3.05, 3.63) is 23.5 Å². The van der Waals surface area contributed by atoms with E-state index in [9.17, 15) is 18.8 Å². The summed E-state index contributed by atoms with van der Waals surface area (Å²) in [5, 5.41) is 11.7. The summed E-state index contributed by atoms with van der Waals surface area (Å²) in [5.41, 5.74) is 3.70. The summed E-state index contributed by atoms with van der Waals surface area (Å²) in [6.45, 7) is 1.79. The molecule has 1 aromatic rings. The van der Waals surface area contributed by atoms with Crippen LogP contribution in [0.15, 0.2) is 12.1 Å². The van der Waals surface area contributed by atoms with Gasteiger partial charge in [-0.15, -0.1) is 0 Å². The fourth-order valence-corrected chi connectivity index (χ4v) is 3.31. The van der Waals surface area contributed by atoms with Gasteiger partial charge in [0.05, 0.1) is 18.7 Å². The van der Waals surface area contributed by atoms with E-state index in [2.05, 4.69) is 5.32 Å². The Morgan fingerprint density at radius 2 is 2.29 bits per heavy atom. The highest BCUT2D eigenvalue weighted by Crippen LogP contribution is 2.42. The Morgan fingerprint density at radius 1 is 1.54 bits per heavy atom. The number of nitrogens with two attached hydrogens (primary N) is 1. The van der Waals surface area contributed by atoms with Gasteiger partial charge >= 0.3 is 6.09 Å². The number of unbranched alkanes of at least 4 members (excludes halogenated alkanes) is 1. The molecule has 28 heavy (non-hydrogen) atoms. The van der Waals surface area contributed by atoms with E-state index in [-0.39, 0.29) is 36.6 Å². The van der Waals surface area contributed by atoms with E-state index >= 15 is 0 Å². The van der Waals surface area contributed by atoms with Gasteiger partial charge in [-0.2, -0.15) is 5.26 Å². The number of hydrogen-bond acceptors (Lipinski definition) is 6. The highest BCUT2D eigenvalue weighted by Gasteiger charge is 2.57. The second kappa shape index (κ2) is 7.34. The molecule has 0 saturated carbocycles. The smallest absolute Gasteiger partial charge is 0.410 e.